The van der Waals surface area contributed by atoms with Gasteiger partial charge in [0.25, 0.3) is 0 Å². The number of carboxylic acids is 1. The van der Waals surface area contributed by atoms with Crippen LogP contribution < -0.4 is 5.32 Å². The van der Waals surface area contributed by atoms with Gasteiger partial charge in [-0.2, -0.15) is 0 Å². The highest BCUT2D eigenvalue weighted by molar-refractivity contribution is 6.19. The largest absolute Gasteiger partial charge is 0.480 e. The smallest absolute Gasteiger partial charge is 0.322 e. The van der Waals surface area contributed by atoms with E-state index in [1.165, 1.54) is 10.5 Å². The van der Waals surface area contributed by atoms with Crippen molar-refractivity contribution < 1.29 is 24.3 Å². The van der Waals surface area contributed by atoms with Crippen molar-refractivity contribution in [3.05, 3.63) is 35.4 Å². The summed E-state index contributed by atoms with van der Waals surface area (Å²) >= 11 is 0. The van der Waals surface area contributed by atoms with Gasteiger partial charge in [0.15, 0.2) is 11.7 Å². The molecule has 7 nitrogen and oxygen atoms in total. The maximum absolute atomic E-state index is 12.4. The molecule has 2 amide bonds. The summed E-state index contributed by atoms with van der Waals surface area (Å²) < 4.78 is 0. The Morgan fingerprint density at radius 3 is 2.42 bits per heavy atom. The molecule has 2 rings (SSSR count). The molecule has 1 aromatic rings. The fraction of sp³-hybridized carbons (Fsp3) is 0.412. The average Bonchev–Trinajstić information content (AvgIpc) is 2.56. The molecule has 0 saturated carbocycles. The Morgan fingerprint density at radius 1 is 1.21 bits per heavy atom. The van der Waals surface area contributed by atoms with Crippen molar-refractivity contribution in [3.8, 4) is 0 Å². The molecule has 1 aliphatic rings. The predicted molar refractivity (Wildman–Crippen MR) is 85.0 cm³/mol. The molecule has 2 N–H and O–H groups in total. The van der Waals surface area contributed by atoms with Gasteiger partial charge in [0, 0.05) is 19.5 Å². The number of nitrogens with one attached hydrogen (secondary N) is 1. The van der Waals surface area contributed by atoms with Crippen molar-refractivity contribution >= 4 is 23.6 Å². The summed E-state index contributed by atoms with van der Waals surface area (Å²) in [6.45, 7) is 2.01. The summed E-state index contributed by atoms with van der Waals surface area (Å²) in [6, 6.07) is 7.79. The van der Waals surface area contributed by atoms with Crippen LogP contribution in [0, 0.1) is 5.92 Å². The van der Waals surface area contributed by atoms with Crippen molar-refractivity contribution in [3.63, 3.8) is 0 Å². The molecule has 1 atom stereocenters. The van der Waals surface area contributed by atoms with Crippen LogP contribution in [0.15, 0.2) is 24.3 Å². The number of benzene rings is 1. The van der Waals surface area contributed by atoms with E-state index < -0.39 is 36.0 Å². The number of aryl methyl sites for hydroxylation is 1. The Labute approximate surface area is 139 Å². The van der Waals surface area contributed by atoms with Gasteiger partial charge in [-0.1, -0.05) is 31.2 Å². The van der Waals surface area contributed by atoms with Crippen LogP contribution >= 0.6 is 0 Å². The number of piperidine rings is 1. The minimum atomic E-state index is -1.45. The van der Waals surface area contributed by atoms with E-state index in [0.717, 1.165) is 12.0 Å². The first-order valence-corrected chi connectivity index (χ1v) is 7.81. The molecule has 128 valence electrons. The lowest BCUT2D eigenvalue weighted by atomic mass is 9.94. The quantitative estimate of drug-likeness (QED) is 0.733. The van der Waals surface area contributed by atoms with E-state index in [-0.39, 0.29) is 13.0 Å². The SMILES string of the molecule is CCc1ccc(CN2CCC(=O)C(C(=O)NCC(=O)O)C2=O)cc1. The van der Waals surface area contributed by atoms with E-state index >= 15 is 0 Å². The highest BCUT2D eigenvalue weighted by Gasteiger charge is 2.40. The molecule has 1 unspecified atom stereocenters. The monoisotopic (exact) mass is 332 g/mol. The zero-order valence-corrected chi connectivity index (χ0v) is 13.4. The minimum Gasteiger partial charge on any atom is -0.480 e. The number of carboxylic acid groups (broad SMARTS) is 1. The number of carbonyl (C=O) groups excluding carboxylic acids is 3. The van der Waals surface area contributed by atoms with E-state index in [1.54, 1.807) is 0 Å². The van der Waals surface area contributed by atoms with Crippen LogP contribution in [0.2, 0.25) is 0 Å². The zero-order chi connectivity index (χ0) is 17.7. The third kappa shape index (κ3) is 4.18. The van der Waals surface area contributed by atoms with Gasteiger partial charge in [0.05, 0.1) is 0 Å². The number of nitrogens with zero attached hydrogens (tertiary/aromatic N) is 1. The number of hydrogen-bond acceptors (Lipinski definition) is 4. The first-order chi connectivity index (χ1) is 11.4. The van der Waals surface area contributed by atoms with Gasteiger partial charge < -0.3 is 15.3 Å². The predicted octanol–water partition coefficient (Wildman–Crippen LogP) is 0.367. The first-order valence-electron chi connectivity index (χ1n) is 7.81. The van der Waals surface area contributed by atoms with Gasteiger partial charge in [-0.05, 0) is 17.5 Å². The molecule has 0 radical (unpaired) electrons. The number of ketones is 1. The second kappa shape index (κ2) is 7.72. The normalized spacial score (nSPS) is 17.7. The fourth-order valence-electron chi connectivity index (χ4n) is 2.60. The molecule has 0 spiro atoms. The molecular formula is C17H20N2O5. The van der Waals surface area contributed by atoms with Gasteiger partial charge in [0.1, 0.15) is 6.54 Å². The van der Waals surface area contributed by atoms with Crippen LogP contribution in [-0.2, 0) is 32.1 Å². The van der Waals surface area contributed by atoms with Crippen molar-refractivity contribution in [2.45, 2.75) is 26.3 Å². The van der Waals surface area contributed by atoms with E-state index in [9.17, 15) is 19.2 Å². The van der Waals surface area contributed by atoms with E-state index in [0.29, 0.717) is 6.54 Å². The summed E-state index contributed by atoms with van der Waals surface area (Å²) in [5.74, 6) is -4.58. The highest BCUT2D eigenvalue weighted by Crippen LogP contribution is 2.18. The van der Waals surface area contributed by atoms with Crippen molar-refractivity contribution in [1.82, 2.24) is 10.2 Å². The molecule has 0 aliphatic carbocycles. The molecule has 1 fully saturated rings. The Morgan fingerprint density at radius 2 is 1.83 bits per heavy atom. The lowest BCUT2D eigenvalue weighted by molar-refractivity contribution is -0.152. The van der Waals surface area contributed by atoms with Gasteiger partial charge in [-0.25, -0.2) is 0 Å². The van der Waals surface area contributed by atoms with Crippen molar-refractivity contribution in [2.75, 3.05) is 13.1 Å². The number of rotatable bonds is 6. The van der Waals surface area contributed by atoms with E-state index in [4.69, 9.17) is 5.11 Å². The van der Waals surface area contributed by atoms with Crippen LogP contribution in [0.25, 0.3) is 0 Å². The van der Waals surface area contributed by atoms with Gasteiger partial charge in [-0.3, -0.25) is 19.2 Å². The molecular weight excluding hydrogens is 312 g/mol. The first kappa shape index (κ1) is 17.7. The van der Waals surface area contributed by atoms with Crippen LogP contribution in [0.1, 0.15) is 24.5 Å². The van der Waals surface area contributed by atoms with Crippen LogP contribution in [0.3, 0.4) is 0 Å². The maximum Gasteiger partial charge on any atom is 0.322 e. The average molecular weight is 332 g/mol. The van der Waals surface area contributed by atoms with Crippen LogP contribution in [-0.4, -0.2) is 46.7 Å². The summed E-state index contributed by atoms with van der Waals surface area (Å²) in [6.07, 6.45) is 1.01. The van der Waals surface area contributed by atoms with Gasteiger partial charge in [0.2, 0.25) is 11.8 Å². The summed E-state index contributed by atoms with van der Waals surface area (Å²) in [5, 5.41) is 10.7. The van der Waals surface area contributed by atoms with Crippen molar-refractivity contribution in [1.29, 1.82) is 0 Å². The second-order valence-electron chi connectivity index (χ2n) is 5.69. The van der Waals surface area contributed by atoms with Gasteiger partial charge in [-0.15, -0.1) is 0 Å². The standard InChI is InChI=1S/C17H20N2O5/c1-2-11-3-5-12(6-4-11)10-19-8-7-13(20)15(17(19)24)16(23)18-9-14(21)22/h3-6,15H,2,7-10H2,1H3,(H,18,23)(H,21,22). The Bertz CT molecular complexity index is 653. The third-order valence-corrected chi connectivity index (χ3v) is 3.99. The molecule has 1 saturated heterocycles. The number of hydrogen-bond donors (Lipinski definition) is 2. The Hall–Kier alpha value is -2.70. The Balaban J connectivity index is 2.06. The second-order valence-corrected chi connectivity index (χ2v) is 5.69. The topological polar surface area (TPSA) is 104 Å². The molecule has 1 aromatic carbocycles. The van der Waals surface area contributed by atoms with Crippen molar-refractivity contribution in [2.24, 2.45) is 5.92 Å². The lowest BCUT2D eigenvalue weighted by Crippen LogP contribution is -2.52. The van der Waals surface area contributed by atoms with Crippen LogP contribution in [0.4, 0.5) is 0 Å². The molecule has 7 heteroatoms. The summed E-state index contributed by atoms with van der Waals surface area (Å²) in [5.41, 5.74) is 2.10. The lowest BCUT2D eigenvalue weighted by Gasteiger charge is -2.30. The number of carbonyl (C=O) groups is 4. The Kier molecular flexibility index (Phi) is 5.68. The molecule has 0 aromatic heterocycles. The number of aliphatic carboxylic acids is 1. The number of amides is 2. The van der Waals surface area contributed by atoms with Gasteiger partial charge >= 0.3 is 5.97 Å². The highest BCUT2D eigenvalue weighted by atomic mass is 16.4. The molecule has 1 heterocycles. The fourth-order valence-corrected chi connectivity index (χ4v) is 2.60. The number of likely N-dealkylation sites (tertiary alicyclic amines) is 1. The third-order valence-electron chi connectivity index (χ3n) is 3.99. The molecule has 1 aliphatic heterocycles. The maximum atomic E-state index is 12.4. The summed E-state index contributed by atoms with van der Waals surface area (Å²) in [7, 11) is 0. The van der Waals surface area contributed by atoms with Crippen LogP contribution in [0.5, 0.6) is 0 Å². The van der Waals surface area contributed by atoms with E-state index in [1.807, 2.05) is 24.3 Å². The zero-order valence-electron chi connectivity index (χ0n) is 13.4. The number of Topliss-reactive ketones (excluding diaryl/α,β-unsaturated/α-hetero) is 1. The summed E-state index contributed by atoms with van der Waals surface area (Å²) in [4.78, 5) is 48.3. The van der Waals surface area contributed by atoms with E-state index in [2.05, 4.69) is 12.2 Å². The minimum absolute atomic E-state index is 0.0872. The molecule has 0 bridgehead atoms. The molecule has 24 heavy (non-hydrogen) atoms.